The Morgan fingerprint density at radius 3 is 2.74 bits per heavy atom. The second kappa shape index (κ2) is 12.2. The van der Waals surface area contributed by atoms with Crippen LogP contribution in [0.25, 0.3) is 11.5 Å². The molecule has 2 saturated heterocycles. The van der Waals surface area contributed by atoms with Crippen molar-refractivity contribution in [3.8, 4) is 23.5 Å². The Morgan fingerprint density at radius 1 is 1.26 bits per heavy atom. The molecule has 0 unspecified atom stereocenters. The Kier molecular flexibility index (Phi) is 8.20. The molecular weight excluding hydrogens is 619 g/mol. The molecule has 1 amide bonds. The van der Waals surface area contributed by atoms with E-state index in [9.17, 15) is 14.4 Å². The molecule has 1 spiro atoms. The van der Waals surface area contributed by atoms with Crippen LogP contribution in [0.2, 0.25) is 0 Å². The van der Waals surface area contributed by atoms with Crippen LogP contribution in [0, 0.1) is 11.3 Å². The van der Waals surface area contributed by atoms with Gasteiger partial charge in [-0.05, 0) is 84.4 Å². The van der Waals surface area contributed by atoms with Gasteiger partial charge in [0.2, 0.25) is 0 Å². The Labute approximate surface area is 278 Å². The number of likely N-dealkylation sites (N-methyl/N-ethyl adjacent to an activating group) is 1. The van der Waals surface area contributed by atoms with Crippen molar-refractivity contribution in [3.63, 3.8) is 0 Å². The first-order chi connectivity index (χ1) is 22.6. The molecule has 0 aromatic carbocycles. The molecule has 0 radical (unpaired) electrons. The molecule has 13 heteroatoms. The minimum absolute atomic E-state index is 0.143. The van der Waals surface area contributed by atoms with Gasteiger partial charge in [-0.25, -0.2) is 4.39 Å². The van der Waals surface area contributed by atoms with Crippen molar-refractivity contribution in [1.29, 1.82) is 5.26 Å². The summed E-state index contributed by atoms with van der Waals surface area (Å²) in [6.07, 6.45) is 7.37. The maximum Gasteiger partial charge on any atom is 0.319 e. The van der Waals surface area contributed by atoms with Crippen LogP contribution in [-0.4, -0.2) is 82.2 Å². The second-order valence-corrected chi connectivity index (χ2v) is 14.6. The van der Waals surface area contributed by atoms with Crippen LogP contribution in [0.15, 0.2) is 23.0 Å². The average molecular weight is 661 g/mol. The molecule has 3 aromatic heterocycles. The fourth-order valence-corrected chi connectivity index (χ4v) is 9.56. The highest BCUT2D eigenvalue weighted by atomic mass is 32.1. The van der Waals surface area contributed by atoms with E-state index in [1.165, 1.54) is 21.1 Å². The first-order valence-electron chi connectivity index (χ1n) is 16.6. The number of nitrogens with two attached hydrogens (primary N) is 1. The monoisotopic (exact) mass is 660 g/mol. The second-order valence-electron chi connectivity index (χ2n) is 13.5. The van der Waals surface area contributed by atoms with E-state index in [-0.39, 0.29) is 24.2 Å². The number of aromatic nitrogens is 3. The van der Waals surface area contributed by atoms with Crippen LogP contribution in [0.4, 0.5) is 15.2 Å². The molecule has 47 heavy (non-hydrogen) atoms. The molecule has 3 aromatic rings. The zero-order valence-corrected chi connectivity index (χ0v) is 28.0. The van der Waals surface area contributed by atoms with Gasteiger partial charge in [0.05, 0.1) is 11.3 Å². The highest BCUT2D eigenvalue weighted by Gasteiger charge is 2.48. The predicted molar refractivity (Wildman–Crippen MR) is 177 cm³/mol. The zero-order chi connectivity index (χ0) is 33.0. The molecular formula is C34H41FN8O3S. The Balaban J connectivity index is 1.28. The SMILES string of the molecule is C=C(F)C(=O)N1CCN(c2cc(-c3onc4c3CCC[C@@]43CCCc4sc(N)c(C#N)c43)nc(O[C@@H](C)[C@@H]3CCCN3C)n2)C[C@@H]1C. The van der Waals surface area contributed by atoms with Gasteiger partial charge in [0.25, 0.3) is 5.91 Å². The number of carbonyl (C=O) groups excluding carboxylic acids is 1. The van der Waals surface area contributed by atoms with E-state index in [1.807, 2.05) is 13.0 Å². The van der Waals surface area contributed by atoms with E-state index < -0.39 is 17.1 Å². The number of ether oxygens (including phenoxy) is 1. The molecule has 4 aliphatic rings. The number of nitrogen functional groups attached to an aromatic ring is 1. The molecule has 7 rings (SSSR count). The summed E-state index contributed by atoms with van der Waals surface area (Å²) in [6, 6.07) is 4.53. The number of fused-ring (bicyclic) bond motifs is 4. The van der Waals surface area contributed by atoms with Gasteiger partial charge in [-0.2, -0.15) is 15.2 Å². The molecule has 11 nitrogen and oxygen atoms in total. The number of carbonyl (C=O) groups is 1. The number of thiophene rings is 1. The minimum atomic E-state index is -0.957. The third-order valence-electron chi connectivity index (χ3n) is 10.7. The summed E-state index contributed by atoms with van der Waals surface area (Å²) in [5, 5.41) is 15.4. The Hall–Kier alpha value is -4.02. The largest absolute Gasteiger partial charge is 0.459 e. The summed E-state index contributed by atoms with van der Waals surface area (Å²) in [7, 11) is 2.11. The quantitative estimate of drug-likeness (QED) is 0.360. The van der Waals surface area contributed by atoms with Crippen LogP contribution >= 0.6 is 11.3 Å². The topological polar surface area (TPSA) is 138 Å². The molecule has 5 heterocycles. The van der Waals surface area contributed by atoms with Crippen molar-refractivity contribution in [3.05, 3.63) is 45.7 Å². The maximum absolute atomic E-state index is 13.7. The van der Waals surface area contributed by atoms with Crippen LogP contribution < -0.4 is 15.4 Å². The lowest BCUT2D eigenvalue weighted by atomic mass is 9.62. The summed E-state index contributed by atoms with van der Waals surface area (Å²) >= 11 is 1.53. The number of nitrogens with zero attached hydrogens (tertiary/aromatic N) is 7. The molecule has 2 fully saturated rings. The first-order valence-corrected chi connectivity index (χ1v) is 17.4. The van der Waals surface area contributed by atoms with E-state index in [4.69, 9.17) is 30.1 Å². The lowest BCUT2D eigenvalue weighted by Gasteiger charge is -2.40. The van der Waals surface area contributed by atoms with Gasteiger partial charge in [-0.3, -0.25) is 9.69 Å². The molecule has 0 bridgehead atoms. The normalized spacial score (nSPS) is 24.9. The van der Waals surface area contributed by atoms with Gasteiger partial charge < -0.3 is 24.8 Å². The number of halogens is 1. The highest BCUT2D eigenvalue weighted by molar-refractivity contribution is 7.16. The van der Waals surface area contributed by atoms with E-state index in [0.29, 0.717) is 47.5 Å². The Morgan fingerprint density at radius 2 is 2.04 bits per heavy atom. The average Bonchev–Trinajstić information content (AvgIpc) is 3.77. The molecule has 2 aliphatic heterocycles. The number of nitriles is 1. The van der Waals surface area contributed by atoms with Crippen LogP contribution in [-0.2, 0) is 23.1 Å². The first kappa shape index (κ1) is 31.6. The van der Waals surface area contributed by atoms with Crippen LogP contribution in [0.5, 0.6) is 6.01 Å². The van der Waals surface area contributed by atoms with Crippen molar-refractivity contribution in [2.24, 2.45) is 0 Å². The molecule has 4 atom stereocenters. The summed E-state index contributed by atoms with van der Waals surface area (Å²) in [5.41, 5.74) is 10.0. The third-order valence-corrected chi connectivity index (χ3v) is 11.7. The van der Waals surface area contributed by atoms with Crippen molar-refractivity contribution in [2.45, 2.75) is 88.8 Å². The molecule has 2 N–H and O–H groups in total. The van der Waals surface area contributed by atoms with Gasteiger partial charge in [-0.1, -0.05) is 11.7 Å². The number of anilines is 2. The number of aryl methyl sites for hydroxylation is 1. The van der Waals surface area contributed by atoms with Crippen LogP contribution in [0.1, 0.15) is 79.6 Å². The molecule has 2 aliphatic carbocycles. The van der Waals surface area contributed by atoms with Gasteiger partial charge in [0.1, 0.15) is 28.7 Å². The van der Waals surface area contributed by atoms with E-state index >= 15 is 0 Å². The van der Waals surface area contributed by atoms with Crippen molar-refractivity contribution < 1.29 is 18.4 Å². The summed E-state index contributed by atoms with van der Waals surface area (Å²) in [6.45, 7) is 9.40. The van der Waals surface area contributed by atoms with Crippen molar-refractivity contribution in [2.75, 3.05) is 43.9 Å². The van der Waals surface area contributed by atoms with Crippen LogP contribution in [0.3, 0.4) is 0 Å². The van der Waals surface area contributed by atoms with Gasteiger partial charge in [0.15, 0.2) is 11.6 Å². The fraction of sp³-hybridized carbons (Fsp3) is 0.559. The standard InChI is InChI=1S/C34H41FN8O3S/c1-19-18-42(14-15-43(19)32(44)20(2)35)27-16-24(38-33(39-27)45-21(3)25-9-7-13-41(25)4)29-22-8-5-11-34(30(22)40-46-29)12-6-10-26-28(34)23(17-36)31(37)47-26/h16,19,21,25H,2,5-15,18,37H2,1,3-4H3/t19-,21-,25-,34-/m0/s1. The highest BCUT2D eigenvalue weighted by Crippen LogP contribution is 2.54. The zero-order valence-electron chi connectivity index (χ0n) is 27.2. The van der Waals surface area contributed by atoms with Crippen molar-refractivity contribution >= 4 is 28.1 Å². The summed E-state index contributed by atoms with van der Waals surface area (Å²) in [5.74, 6) is -0.411. The van der Waals surface area contributed by atoms with E-state index in [1.54, 1.807) is 0 Å². The molecule has 248 valence electrons. The number of rotatable bonds is 6. The smallest absolute Gasteiger partial charge is 0.319 e. The Bertz CT molecular complexity index is 1760. The lowest BCUT2D eigenvalue weighted by Crippen LogP contribution is -2.54. The lowest BCUT2D eigenvalue weighted by molar-refractivity contribution is -0.131. The van der Waals surface area contributed by atoms with Gasteiger partial charge in [-0.15, -0.1) is 11.3 Å². The predicted octanol–water partition coefficient (Wildman–Crippen LogP) is 4.99. The van der Waals surface area contributed by atoms with E-state index in [0.717, 1.165) is 74.7 Å². The fourth-order valence-electron chi connectivity index (χ4n) is 8.40. The van der Waals surface area contributed by atoms with Crippen molar-refractivity contribution in [1.82, 2.24) is 24.9 Å². The minimum Gasteiger partial charge on any atom is -0.459 e. The van der Waals surface area contributed by atoms with E-state index in [2.05, 4.69) is 36.4 Å². The number of likely N-dealkylation sites (tertiary alicyclic amines) is 1. The third kappa shape index (κ3) is 5.35. The van der Waals surface area contributed by atoms with Gasteiger partial charge in [0, 0.05) is 53.6 Å². The number of amides is 1. The maximum atomic E-state index is 13.7. The number of piperazine rings is 1. The number of hydrogen-bond acceptors (Lipinski definition) is 11. The number of hydrogen-bond donors (Lipinski definition) is 1. The summed E-state index contributed by atoms with van der Waals surface area (Å²) in [4.78, 5) is 29.2. The molecule has 0 saturated carbocycles. The van der Waals surface area contributed by atoms with Gasteiger partial charge >= 0.3 is 6.01 Å². The summed E-state index contributed by atoms with van der Waals surface area (Å²) < 4.78 is 26.4.